The summed E-state index contributed by atoms with van der Waals surface area (Å²) in [6.45, 7) is 23.6. The van der Waals surface area contributed by atoms with Crippen LogP contribution in [0.5, 0.6) is 0 Å². The number of esters is 2. The Morgan fingerprint density at radius 3 is 2.24 bits per heavy atom. The highest BCUT2D eigenvalue weighted by atomic mass is 16.7. The Morgan fingerprint density at radius 1 is 1.00 bits per heavy atom. The number of oxime groups is 1. The van der Waals surface area contributed by atoms with Gasteiger partial charge in [-0.3, -0.25) is 9.59 Å². The second-order valence-electron chi connectivity index (χ2n) is 18.5. The monoisotopic (exact) mass is 843 g/mol. The maximum absolute atomic E-state index is 14.6. The number of fused-ring (bicyclic) bond motifs is 5. The van der Waals surface area contributed by atoms with Crippen LogP contribution in [0.1, 0.15) is 102 Å². The van der Waals surface area contributed by atoms with E-state index in [0.29, 0.717) is 17.7 Å². The molecule has 340 valence electrons. The lowest BCUT2D eigenvalue weighted by molar-refractivity contribution is -0.320. The average Bonchev–Trinajstić information content (AvgIpc) is 3.16. The van der Waals surface area contributed by atoms with Crippen molar-refractivity contribution in [3.8, 4) is 0 Å². The summed E-state index contributed by atoms with van der Waals surface area (Å²) in [4.78, 5) is 28.7. The highest BCUT2D eigenvalue weighted by molar-refractivity contribution is 5.88. The summed E-state index contributed by atoms with van der Waals surface area (Å²) in [6, 6.07) is -0.297. The fourth-order valence-electron chi connectivity index (χ4n) is 9.93. The van der Waals surface area contributed by atoms with E-state index in [2.05, 4.69) is 11.7 Å². The van der Waals surface area contributed by atoms with Crippen LogP contribution in [-0.4, -0.2) is 157 Å². The van der Waals surface area contributed by atoms with E-state index in [1.165, 1.54) is 14.0 Å². The quantitative estimate of drug-likeness (QED) is 0.136. The zero-order chi connectivity index (χ0) is 44.4. The summed E-state index contributed by atoms with van der Waals surface area (Å²) < 4.78 is 57.9. The third kappa shape index (κ3) is 10.9. The third-order valence-corrected chi connectivity index (χ3v) is 13.2. The molecular weight excluding hydrogens is 768 g/mol. The Kier molecular flexibility index (Phi) is 16.6. The molecule has 16 nitrogen and oxygen atoms in total. The standard InChI is InChI=1S/C43H74N2O14/c1-16-31-43(12,49)37-25(5)33(44-50)23(3)18-42(11,53-21-22(2)20-52-37)36(59-40-34(47)30(45(13)14)17-24(4)54-40)26(6)35(27(7)39(48)57-31)58-32-19-41(10,51-15)38(28(8)55-32)56-29(9)46/h23-28,30-32,34-38,40,47,49-50H,2,16-21H2,1,3-15H3/b44-33+/t23-,24-,25+,26+,27-,28+,30+,31-,32+,34-,35+,36-,37?,38+,40+,41-,42?,43-/m1/s1. The second-order valence-corrected chi connectivity index (χ2v) is 18.5. The Balaban J connectivity index is 1.95. The first-order valence-electron chi connectivity index (χ1n) is 21.2. The largest absolute Gasteiger partial charge is 0.459 e. The highest BCUT2D eigenvalue weighted by Crippen LogP contribution is 2.43. The number of likely N-dealkylation sites (N-methyl/N-ethyl adjacent to an activating group) is 1. The van der Waals surface area contributed by atoms with Crippen LogP contribution in [-0.2, 0) is 52.2 Å². The summed E-state index contributed by atoms with van der Waals surface area (Å²) in [5, 5.41) is 38.6. The maximum atomic E-state index is 14.6. The fourth-order valence-corrected chi connectivity index (χ4v) is 9.93. The van der Waals surface area contributed by atoms with Crippen LogP contribution in [0.4, 0.5) is 0 Å². The van der Waals surface area contributed by atoms with Crippen molar-refractivity contribution in [2.24, 2.45) is 28.8 Å². The summed E-state index contributed by atoms with van der Waals surface area (Å²) >= 11 is 0. The van der Waals surface area contributed by atoms with Crippen molar-refractivity contribution < 1.29 is 67.6 Å². The Labute approximate surface area is 351 Å². The molecule has 2 unspecified atom stereocenters. The number of aliphatic hydroxyl groups is 2. The molecule has 4 rings (SSSR count). The van der Waals surface area contributed by atoms with Gasteiger partial charge >= 0.3 is 11.9 Å². The predicted molar refractivity (Wildman–Crippen MR) is 217 cm³/mol. The van der Waals surface area contributed by atoms with Gasteiger partial charge in [0.25, 0.3) is 0 Å². The third-order valence-electron chi connectivity index (χ3n) is 13.2. The summed E-state index contributed by atoms with van der Waals surface area (Å²) in [7, 11) is 5.31. The van der Waals surface area contributed by atoms with Crippen molar-refractivity contribution in [2.45, 2.75) is 186 Å². The molecule has 4 aliphatic heterocycles. The van der Waals surface area contributed by atoms with E-state index in [9.17, 15) is 25.0 Å². The number of carbonyl (C=O) groups is 2. The van der Waals surface area contributed by atoms with Gasteiger partial charge in [-0.2, -0.15) is 0 Å². The van der Waals surface area contributed by atoms with Crippen molar-refractivity contribution >= 4 is 17.7 Å². The predicted octanol–water partition coefficient (Wildman–Crippen LogP) is 4.24. The minimum atomic E-state index is -1.77. The molecule has 4 saturated heterocycles. The van der Waals surface area contributed by atoms with E-state index in [1.54, 1.807) is 27.7 Å². The van der Waals surface area contributed by atoms with Crippen LogP contribution in [0, 0.1) is 23.7 Å². The molecule has 0 aromatic rings. The molecule has 2 bridgehead atoms. The highest BCUT2D eigenvalue weighted by Gasteiger charge is 2.55. The topological polar surface area (TPSA) is 193 Å². The normalized spacial score (nSPS) is 46.5. The number of rotatable bonds is 8. The van der Waals surface area contributed by atoms with E-state index >= 15 is 0 Å². The molecule has 4 heterocycles. The number of hydrogen-bond donors (Lipinski definition) is 3. The van der Waals surface area contributed by atoms with E-state index in [0.717, 1.165) is 0 Å². The summed E-state index contributed by atoms with van der Waals surface area (Å²) in [6.07, 6.45) is -7.79. The molecule has 4 fully saturated rings. The van der Waals surface area contributed by atoms with E-state index in [-0.39, 0.29) is 44.6 Å². The van der Waals surface area contributed by atoms with Gasteiger partial charge in [0, 0.05) is 44.2 Å². The van der Waals surface area contributed by atoms with Gasteiger partial charge in [0.1, 0.15) is 23.4 Å². The molecule has 0 aliphatic carbocycles. The van der Waals surface area contributed by atoms with Gasteiger partial charge in [0.15, 0.2) is 18.7 Å². The molecular formula is C43H74N2O14. The van der Waals surface area contributed by atoms with Gasteiger partial charge in [-0.25, -0.2) is 0 Å². The molecule has 4 aliphatic rings. The number of carbonyl (C=O) groups excluding carboxylic acids is 2. The zero-order valence-corrected chi connectivity index (χ0v) is 37.8. The van der Waals surface area contributed by atoms with Crippen LogP contribution in [0.2, 0.25) is 0 Å². The Morgan fingerprint density at radius 2 is 1.66 bits per heavy atom. The number of nitrogens with zero attached hydrogens (tertiary/aromatic N) is 2. The number of cyclic esters (lactones) is 1. The van der Waals surface area contributed by atoms with Crippen molar-refractivity contribution in [1.82, 2.24) is 4.90 Å². The Hall–Kier alpha value is -2.25. The molecule has 3 N–H and O–H groups in total. The molecule has 59 heavy (non-hydrogen) atoms. The van der Waals surface area contributed by atoms with Crippen molar-refractivity contribution in [3.63, 3.8) is 0 Å². The van der Waals surface area contributed by atoms with E-state index in [1.807, 2.05) is 60.5 Å². The molecule has 18 atom stereocenters. The Bertz CT molecular complexity index is 1480. The van der Waals surface area contributed by atoms with Crippen molar-refractivity contribution in [2.75, 3.05) is 34.4 Å². The van der Waals surface area contributed by atoms with E-state index in [4.69, 9.17) is 42.6 Å². The minimum Gasteiger partial charge on any atom is -0.459 e. The van der Waals surface area contributed by atoms with Gasteiger partial charge < -0.3 is 63.0 Å². The summed E-state index contributed by atoms with van der Waals surface area (Å²) in [5.74, 6) is -4.03. The zero-order valence-electron chi connectivity index (χ0n) is 37.8. The van der Waals surface area contributed by atoms with Gasteiger partial charge in [-0.1, -0.05) is 39.4 Å². The van der Waals surface area contributed by atoms with Crippen LogP contribution in [0.15, 0.2) is 17.3 Å². The summed E-state index contributed by atoms with van der Waals surface area (Å²) in [5.41, 5.74) is -3.16. The van der Waals surface area contributed by atoms with Crippen LogP contribution < -0.4 is 0 Å². The SMILES string of the molecule is C=C1COC2[C@@H](C)/C(=N/O)[C@H](C)CC(C)(OC1)[C@H](O[C@@H]1O[C@H](C)C[C@H](N(C)C)[C@H]1O)[C@@H](C)[C@H](O[C@H]1C[C@@](C)(OC)[C@@H](OC(C)=O)[C@H](C)O1)[C@@H](C)C(=O)O[C@H](CC)[C@@]2(C)O. The van der Waals surface area contributed by atoms with E-state index < -0.39 is 108 Å². The first kappa shape index (κ1) is 49.4. The lowest BCUT2D eigenvalue weighted by Crippen LogP contribution is -2.62. The number of methoxy groups -OCH3 is 1. The first-order chi connectivity index (χ1) is 27.4. The lowest BCUT2D eigenvalue weighted by atomic mass is 9.73. The number of ether oxygens (including phenoxy) is 9. The van der Waals surface area contributed by atoms with Gasteiger partial charge in [-0.15, -0.1) is 0 Å². The minimum absolute atomic E-state index is 0.0157. The van der Waals surface area contributed by atoms with Crippen LogP contribution in [0.25, 0.3) is 0 Å². The second kappa shape index (κ2) is 19.9. The van der Waals surface area contributed by atoms with Crippen molar-refractivity contribution in [3.05, 3.63) is 12.2 Å². The molecule has 0 spiro atoms. The number of aliphatic hydroxyl groups excluding tert-OH is 1. The molecule has 16 heteroatoms. The van der Waals surface area contributed by atoms with Crippen LogP contribution in [0.3, 0.4) is 0 Å². The molecule has 0 aromatic heterocycles. The van der Waals surface area contributed by atoms with Crippen molar-refractivity contribution in [1.29, 1.82) is 0 Å². The van der Waals surface area contributed by atoms with Gasteiger partial charge in [0.05, 0.1) is 61.0 Å². The first-order valence-corrected chi connectivity index (χ1v) is 21.2. The average molecular weight is 843 g/mol. The molecule has 0 radical (unpaired) electrons. The molecule has 0 amide bonds. The van der Waals surface area contributed by atoms with Gasteiger partial charge in [0.2, 0.25) is 0 Å². The molecule has 0 saturated carbocycles. The number of hydrogen-bond acceptors (Lipinski definition) is 16. The maximum Gasteiger partial charge on any atom is 0.311 e. The smallest absolute Gasteiger partial charge is 0.311 e. The van der Waals surface area contributed by atoms with Crippen LogP contribution >= 0.6 is 0 Å². The lowest BCUT2D eigenvalue weighted by Gasteiger charge is -2.50. The molecule has 0 aromatic carbocycles. The fraction of sp³-hybridized carbons (Fsp3) is 0.884. The van der Waals surface area contributed by atoms with Gasteiger partial charge in [-0.05, 0) is 80.5 Å².